The minimum absolute atomic E-state index is 0.436. The Kier molecular flexibility index (Phi) is 3.56. The molecule has 2 aliphatic rings. The van der Waals surface area contributed by atoms with Gasteiger partial charge in [0, 0.05) is 44.5 Å². The van der Waals surface area contributed by atoms with E-state index >= 15 is 0 Å². The Bertz CT molecular complexity index is 906. The smallest absolute Gasteiger partial charge is 0.153 e. The quantitative estimate of drug-likeness (QED) is 0.793. The summed E-state index contributed by atoms with van der Waals surface area (Å²) in [6.45, 7) is 3.97. The molecule has 0 bridgehead atoms. The monoisotopic (exact) mass is 335 g/mol. The molecular weight excluding hydrogens is 314 g/mol. The first kappa shape index (κ1) is 14.7. The van der Waals surface area contributed by atoms with Crippen molar-refractivity contribution in [1.29, 1.82) is 0 Å². The largest absolute Gasteiger partial charge is 0.493 e. The highest BCUT2D eigenvalue weighted by atomic mass is 16.5. The zero-order chi connectivity index (χ0) is 16.6. The van der Waals surface area contributed by atoms with E-state index in [0.717, 1.165) is 56.3 Å². The minimum Gasteiger partial charge on any atom is -0.493 e. The van der Waals surface area contributed by atoms with Gasteiger partial charge in [-0.05, 0) is 35.7 Å². The van der Waals surface area contributed by atoms with Crippen LogP contribution in [0, 0.1) is 0 Å². The molecule has 1 N–H and O–H groups in total. The maximum Gasteiger partial charge on any atom is 0.153 e. The van der Waals surface area contributed by atoms with Crippen LogP contribution in [-0.4, -0.2) is 45.2 Å². The van der Waals surface area contributed by atoms with Gasteiger partial charge in [0.25, 0.3) is 0 Å². The van der Waals surface area contributed by atoms with Crippen molar-refractivity contribution in [3.05, 3.63) is 53.9 Å². The van der Waals surface area contributed by atoms with Crippen molar-refractivity contribution in [1.82, 2.24) is 19.5 Å². The minimum atomic E-state index is 0.436. The van der Waals surface area contributed by atoms with Gasteiger partial charge in [0.2, 0.25) is 0 Å². The third kappa shape index (κ3) is 2.93. The zero-order valence-electron chi connectivity index (χ0n) is 14.1. The van der Waals surface area contributed by atoms with Crippen LogP contribution >= 0.6 is 0 Å². The van der Waals surface area contributed by atoms with Crippen molar-refractivity contribution >= 4 is 11.5 Å². The lowest BCUT2D eigenvalue weighted by molar-refractivity contribution is 0.328. The van der Waals surface area contributed by atoms with E-state index in [4.69, 9.17) is 4.74 Å². The summed E-state index contributed by atoms with van der Waals surface area (Å²) in [5.74, 6) is 1.97. The maximum absolute atomic E-state index is 5.59. The molecule has 1 aromatic carbocycles. The SMILES string of the molecule is c1cn2nc(NC3CCN(Cc4ccc5c(c4)CCO5)C3)ccc2n1. The van der Waals surface area contributed by atoms with Crippen LogP contribution in [0.4, 0.5) is 5.82 Å². The molecule has 0 spiro atoms. The molecule has 128 valence electrons. The van der Waals surface area contributed by atoms with Crippen LogP contribution in [0.2, 0.25) is 0 Å². The summed E-state index contributed by atoms with van der Waals surface area (Å²) >= 11 is 0. The number of rotatable bonds is 4. The van der Waals surface area contributed by atoms with E-state index in [1.807, 2.05) is 22.8 Å². The maximum atomic E-state index is 5.59. The number of aromatic nitrogens is 3. The van der Waals surface area contributed by atoms with E-state index in [2.05, 4.69) is 38.5 Å². The molecule has 3 aromatic rings. The van der Waals surface area contributed by atoms with Gasteiger partial charge in [0.15, 0.2) is 5.65 Å². The van der Waals surface area contributed by atoms with Gasteiger partial charge in [-0.3, -0.25) is 4.90 Å². The predicted molar refractivity (Wildman–Crippen MR) is 95.9 cm³/mol. The molecule has 6 nitrogen and oxygen atoms in total. The molecule has 0 radical (unpaired) electrons. The molecule has 2 aromatic heterocycles. The second kappa shape index (κ2) is 6.04. The summed E-state index contributed by atoms with van der Waals surface area (Å²) in [6.07, 6.45) is 5.82. The lowest BCUT2D eigenvalue weighted by atomic mass is 10.1. The van der Waals surface area contributed by atoms with Gasteiger partial charge < -0.3 is 10.1 Å². The van der Waals surface area contributed by atoms with Crippen molar-refractivity contribution in [2.24, 2.45) is 0 Å². The highest BCUT2D eigenvalue weighted by Gasteiger charge is 2.23. The van der Waals surface area contributed by atoms with E-state index in [1.165, 1.54) is 11.1 Å². The zero-order valence-corrected chi connectivity index (χ0v) is 14.1. The molecule has 0 saturated carbocycles. The van der Waals surface area contributed by atoms with Gasteiger partial charge in [-0.15, -0.1) is 5.10 Å². The normalized spacial score (nSPS) is 19.9. The number of hydrogen-bond donors (Lipinski definition) is 1. The first-order chi connectivity index (χ1) is 12.3. The van der Waals surface area contributed by atoms with Crippen LogP contribution in [0.5, 0.6) is 5.75 Å². The molecule has 1 atom stereocenters. The van der Waals surface area contributed by atoms with Gasteiger partial charge in [-0.2, -0.15) is 0 Å². The number of anilines is 1. The van der Waals surface area contributed by atoms with Crippen molar-refractivity contribution in [2.45, 2.75) is 25.4 Å². The highest BCUT2D eigenvalue weighted by molar-refractivity contribution is 5.44. The summed E-state index contributed by atoms with van der Waals surface area (Å²) < 4.78 is 7.40. The van der Waals surface area contributed by atoms with Crippen molar-refractivity contribution < 1.29 is 4.74 Å². The van der Waals surface area contributed by atoms with Gasteiger partial charge in [-0.25, -0.2) is 9.50 Å². The third-order valence-electron chi connectivity index (χ3n) is 5.04. The molecule has 0 aliphatic carbocycles. The van der Waals surface area contributed by atoms with Crippen LogP contribution in [0.25, 0.3) is 5.65 Å². The predicted octanol–water partition coefficient (Wildman–Crippen LogP) is 2.35. The number of ether oxygens (including phenoxy) is 1. The molecule has 1 saturated heterocycles. The van der Waals surface area contributed by atoms with Crippen molar-refractivity contribution in [2.75, 3.05) is 25.0 Å². The van der Waals surface area contributed by atoms with E-state index < -0.39 is 0 Å². The van der Waals surface area contributed by atoms with Gasteiger partial charge >= 0.3 is 0 Å². The fourth-order valence-electron chi connectivity index (χ4n) is 3.79. The van der Waals surface area contributed by atoms with E-state index in [-0.39, 0.29) is 0 Å². The summed E-state index contributed by atoms with van der Waals surface area (Å²) in [6, 6.07) is 11.1. The molecule has 25 heavy (non-hydrogen) atoms. The lowest BCUT2D eigenvalue weighted by Gasteiger charge is -2.17. The fraction of sp³-hybridized carbons (Fsp3) is 0.368. The molecule has 1 fully saturated rings. The van der Waals surface area contributed by atoms with Crippen LogP contribution in [0.1, 0.15) is 17.5 Å². The van der Waals surface area contributed by atoms with Crippen molar-refractivity contribution in [3.63, 3.8) is 0 Å². The summed E-state index contributed by atoms with van der Waals surface area (Å²) in [5.41, 5.74) is 3.60. The van der Waals surface area contributed by atoms with E-state index in [1.54, 1.807) is 6.20 Å². The Balaban J connectivity index is 1.22. The lowest BCUT2D eigenvalue weighted by Crippen LogP contribution is -2.26. The second-order valence-corrected chi connectivity index (χ2v) is 6.85. The number of hydrogen-bond acceptors (Lipinski definition) is 5. The molecule has 6 heteroatoms. The molecular formula is C19H21N5O. The second-order valence-electron chi connectivity index (χ2n) is 6.85. The van der Waals surface area contributed by atoms with Gasteiger partial charge in [0.05, 0.1) is 6.61 Å². The fourth-order valence-corrected chi connectivity index (χ4v) is 3.79. The first-order valence-electron chi connectivity index (χ1n) is 8.87. The number of likely N-dealkylation sites (tertiary alicyclic amines) is 1. The Morgan fingerprint density at radius 2 is 2.24 bits per heavy atom. The summed E-state index contributed by atoms with van der Waals surface area (Å²) in [5, 5.41) is 8.12. The Morgan fingerprint density at radius 3 is 3.24 bits per heavy atom. The van der Waals surface area contributed by atoms with Gasteiger partial charge in [-0.1, -0.05) is 12.1 Å². The first-order valence-corrected chi connectivity index (χ1v) is 8.87. The van der Waals surface area contributed by atoms with Crippen LogP contribution < -0.4 is 10.1 Å². The molecule has 2 aliphatic heterocycles. The standard InChI is InChI=1S/C19H21N5O/c1-2-17-15(6-10-25-17)11-14(1)12-23-8-5-16(13-23)21-18-3-4-19-20-7-9-24(19)22-18/h1-4,7,9,11,16H,5-6,8,10,12-13H2,(H,21,22). The number of fused-ring (bicyclic) bond motifs is 2. The number of nitrogens with zero attached hydrogens (tertiary/aromatic N) is 4. The van der Waals surface area contributed by atoms with Crippen LogP contribution in [-0.2, 0) is 13.0 Å². The topological polar surface area (TPSA) is 54.7 Å². The Morgan fingerprint density at radius 1 is 1.24 bits per heavy atom. The molecule has 4 heterocycles. The summed E-state index contributed by atoms with van der Waals surface area (Å²) in [4.78, 5) is 6.74. The molecule has 1 unspecified atom stereocenters. The average molecular weight is 335 g/mol. The Hall–Kier alpha value is -2.60. The van der Waals surface area contributed by atoms with E-state index in [0.29, 0.717) is 6.04 Å². The number of imidazole rings is 1. The number of benzene rings is 1. The summed E-state index contributed by atoms with van der Waals surface area (Å²) in [7, 11) is 0. The molecule has 0 amide bonds. The van der Waals surface area contributed by atoms with Crippen LogP contribution in [0.15, 0.2) is 42.7 Å². The number of nitrogens with one attached hydrogen (secondary N) is 1. The van der Waals surface area contributed by atoms with E-state index in [9.17, 15) is 0 Å². The highest BCUT2D eigenvalue weighted by Crippen LogP contribution is 2.27. The van der Waals surface area contributed by atoms with Gasteiger partial charge in [0.1, 0.15) is 11.6 Å². The third-order valence-corrected chi connectivity index (χ3v) is 5.04. The van der Waals surface area contributed by atoms with Crippen LogP contribution in [0.3, 0.4) is 0 Å². The average Bonchev–Trinajstić information content (AvgIpc) is 3.35. The van der Waals surface area contributed by atoms with Crippen molar-refractivity contribution in [3.8, 4) is 5.75 Å². The Labute approximate surface area is 146 Å². The molecule has 5 rings (SSSR count).